The summed E-state index contributed by atoms with van der Waals surface area (Å²) in [5.41, 5.74) is 14.9. The molecule has 4 N–H and O–H groups in total. The monoisotopic (exact) mass is 347 g/mol. The summed E-state index contributed by atoms with van der Waals surface area (Å²) in [5.74, 6) is 1.63. The first kappa shape index (κ1) is 15.9. The van der Waals surface area contributed by atoms with Gasteiger partial charge in [-0.2, -0.15) is 0 Å². The van der Waals surface area contributed by atoms with E-state index in [-0.39, 0.29) is 0 Å². The Hall–Kier alpha value is -3.61. The number of rotatable bonds is 3. The van der Waals surface area contributed by atoms with Crippen molar-refractivity contribution in [1.29, 1.82) is 0 Å². The molecule has 26 heavy (non-hydrogen) atoms. The largest absolute Gasteiger partial charge is 0.493 e. The number of hydrogen-bond donors (Lipinski definition) is 2. The van der Waals surface area contributed by atoms with E-state index >= 15 is 0 Å². The van der Waals surface area contributed by atoms with E-state index in [1.54, 1.807) is 32.8 Å². The van der Waals surface area contributed by atoms with Crippen molar-refractivity contribution in [3.8, 4) is 22.8 Å². The van der Waals surface area contributed by atoms with Crippen LogP contribution in [-0.4, -0.2) is 29.2 Å². The molecule has 0 atom stereocenters. The Morgan fingerprint density at radius 2 is 1.58 bits per heavy atom. The molecule has 130 valence electrons. The lowest BCUT2D eigenvalue weighted by Gasteiger charge is -2.12. The van der Waals surface area contributed by atoms with Crippen molar-refractivity contribution in [2.75, 3.05) is 25.7 Å². The van der Waals surface area contributed by atoms with Gasteiger partial charge in [-0.1, -0.05) is 0 Å². The van der Waals surface area contributed by atoms with Crippen molar-refractivity contribution in [3.05, 3.63) is 42.9 Å². The highest BCUT2D eigenvalue weighted by Crippen LogP contribution is 2.36. The molecular formula is C19H17N5O2. The number of anilines is 2. The highest BCUT2D eigenvalue weighted by molar-refractivity contribution is 6.10. The van der Waals surface area contributed by atoms with Gasteiger partial charge in [0.1, 0.15) is 5.82 Å². The van der Waals surface area contributed by atoms with Crippen LogP contribution in [0.2, 0.25) is 0 Å². The Bertz CT molecular complexity index is 1140. The Morgan fingerprint density at radius 1 is 0.808 bits per heavy atom. The lowest BCUT2D eigenvalue weighted by molar-refractivity contribution is 0.356. The second-order valence-electron chi connectivity index (χ2n) is 5.84. The quantitative estimate of drug-likeness (QED) is 0.548. The molecule has 7 heteroatoms. The molecule has 3 aromatic heterocycles. The van der Waals surface area contributed by atoms with Crippen LogP contribution in [0.4, 0.5) is 11.5 Å². The fourth-order valence-corrected chi connectivity index (χ4v) is 3.00. The lowest BCUT2D eigenvalue weighted by atomic mass is 10.0. The number of methoxy groups -OCH3 is 2. The van der Waals surface area contributed by atoms with E-state index in [0.29, 0.717) is 28.7 Å². The van der Waals surface area contributed by atoms with E-state index in [4.69, 9.17) is 20.9 Å². The number of nitrogens with zero attached hydrogens (tertiary/aromatic N) is 3. The van der Waals surface area contributed by atoms with Crippen LogP contribution in [0, 0.1) is 0 Å². The molecule has 0 aliphatic heterocycles. The van der Waals surface area contributed by atoms with Crippen LogP contribution in [0.5, 0.6) is 11.5 Å². The van der Waals surface area contributed by atoms with Gasteiger partial charge in [0.25, 0.3) is 0 Å². The van der Waals surface area contributed by atoms with Gasteiger partial charge < -0.3 is 20.9 Å². The highest BCUT2D eigenvalue weighted by Gasteiger charge is 2.13. The van der Waals surface area contributed by atoms with Crippen molar-refractivity contribution in [2.24, 2.45) is 0 Å². The van der Waals surface area contributed by atoms with Crippen LogP contribution in [0.15, 0.2) is 42.9 Å². The number of nitrogen functional groups attached to an aromatic ring is 2. The van der Waals surface area contributed by atoms with Gasteiger partial charge in [0, 0.05) is 41.0 Å². The summed E-state index contributed by atoms with van der Waals surface area (Å²) in [4.78, 5) is 13.1. The molecule has 3 heterocycles. The van der Waals surface area contributed by atoms with Gasteiger partial charge in [0.05, 0.1) is 31.1 Å². The first-order valence-corrected chi connectivity index (χ1v) is 7.92. The number of hydrogen-bond acceptors (Lipinski definition) is 7. The zero-order valence-electron chi connectivity index (χ0n) is 14.4. The molecule has 0 amide bonds. The van der Waals surface area contributed by atoms with E-state index < -0.39 is 0 Å². The summed E-state index contributed by atoms with van der Waals surface area (Å²) in [5, 5.41) is 2.58. The lowest BCUT2D eigenvalue weighted by Crippen LogP contribution is -1.98. The summed E-state index contributed by atoms with van der Waals surface area (Å²) >= 11 is 0. The normalized spacial score (nSPS) is 11.0. The topological polar surface area (TPSA) is 109 Å². The van der Waals surface area contributed by atoms with Crippen molar-refractivity contribution in [2.45, 2.75) is 0 Å². The number of pyridine rings is 3. The average molecular weight is 347 g/mol. The van der Waals surface area contributed by atoms with Gasteiger partial charge in [-0.25, -0.2) is 4.98 Å². The highest BCUT2D eigenvalue weighted by atomic mass is 16.5. The minimum Gasteiger partial charge on any atom is -0.493 e. The minimum atomic E-state index is 0.393. The first-order valence-electron chi connectivity index (χ1n) is 7.92. The van der Waals surface area contributed by atoms with Crippen LogP contribution < -0.4 is 20.9 Å². The minimum absolute atomic E-state index is 0.393. The summed E-state index contributed by atoms with van der Waals surface area (Å²) < 4.78 is 10.8. The van der Waals surface area contributed by atoms with Crippen molar-refractivity contribution >= 4 is 33.2 Å². The Kier molecular flexibility index (Phi) is 3.69. The third kappa shape index (κ3) is 2.50. The number of fused-ring (bicyclic) bond motifs is 3. The number of ether oxygens (including phenoxy) is 2. The zero-order valence-corrected chi connectivity index (χ0v) is 14.4. The molecular weight excluding hydrogens is 330 g/mol. The van der Waals surface area contributed by atoms with Crippen molar-refractivity contribution < 1.29 is 9.47 Å². The maximum absolute atomic E-state index is 6.19. The second-order valence-corrected chi connectivity index (χ2v) is 5.84. The van der Waals surface area contributed by atoms with E-state index in [1.165, 1.54) is 0 Å². The van der Waals surface area contributed by atoms with Crippen LogP contribution >= 0.6 is 0 Å². The second kappa shape index (κ2) is 6.03. The molecule has 0 aliphatic carbocycles. The Morgan fingerprint density at radius 3 is 2.31 bits per heavy atom. The molecule has 0 saturated carbocycles. The predicted molar refractivity (Wildman–Crippen MR) is 102 cm³/mol. The third-order valence-corrected chi connectivity index (χ3v) is 4.27. The molecule has 0 radical (unpaired) electrons. The van der Waals surface area contributed by atoms with Gasteiger partial charge in [-0.15, -0.1) is 0 Å². The van der Waals surface area contributed by atoms with Crippen LogP contribution in [-0.2, 0) is 0 Å². The van der Waals surface area contributed by atoms with Crippen LogP contribution in [0.25, 0.3) is 32.9 Å². The fraction of sp³-hybridized carbons (Fsp3) is 0.105. The molecule has 4 aromatic rings. The maximum atomic E-state index is 6.19. The number of nitrogens with two attached hydrogens (primary N) is 2. The van der Waals surface area contributed by atoms with Gasteiger partial charge in [-0.05, 0) is 23.6 Å². The third-order valence-electron chi connectivity index (χ3n) is 4.27. The number of benzene rings is 1. The smallest absolute Gasteiger partial charge is 0.162 e. The number of aromatic nitrogens is 3. The summed E-state index contributed by atoms with van der Waals surface area (Å²) in [6.07, 6.45) is 5.01. The van der Waals surface area contributed by atoms with E-state index in [0.717, 1.165) is 27.2 Å². The van der Waals surface area contributed by atoms with E-state index in [9.17, 15) is 0 Å². The Balaban J connectivity index is 2.05. The molecule has 0 aliphatic rings. The van der Waals surface area contributed by atoms with Gasteiger partial charge in [-0.3, -0.25) is 9.97 Å². The summed E-state index contributed by atoms with van der Waals surface area (Å²) in [6, 6.07) is 7.50. The van der Waals surface area contributed by atoms with Crippen molar-refractivity contribution in [1.82, 2.24) is 15.0 Å². The van der Waals surface area contributed by atoms with E-state index in [1.807, 2.05) is 24.3 Å². The Labute approximate surface area is 149 Å². The summed E-state index contributed by atoms with van der Waals surface area (Å²) in [6.45, 7) is 0. The molecule has 7 nitrogen and oxygen atoms in total. The summed E-state index contributed by atoms with van der Waals surface area (Å²) in [7, 11) is 3.19. The maximum Gasteiger partial charge on any atom is 0.162 e. The zero-order chi connectivity index (χ0) is 18.3. The SMILES string of the molecule is COc1cc2ncc3c(N)nc(-c4cncc(N)c4)cc3c2cc1OC. The van der Waals surface area contributed by atoms with Crippen LogP contribution in [0.3, 0.4) is 0 Å². The molecule has 0 saturated heterocycles. The van der Waals surface area contributed by atoms with Gasteiger partial charge in [0.15, 0.2) is 11.5 Å². The predicted octanol–water partition coefficient (Wildman–Crippen LogP) is 3.03. The van der Waals surface area contributed by atoms with Crippen molar-refractivity contribution in [3.63, 3.8) is 0 Å². The standard InChI is InChI=1S/C19H17N5O2/c1-25-17-5-13-12-4-15(10-3-11(20)8-22-7-10)24-19(21)14(12)9-23-16(13)6-18(17)26-2/h3-9H,20H2,1-2H3,(H2,21,24). The fourth-order valence-electron chi connectivity index (χ4n) is 3.00. The average Bonchev–Trinajstić information content (AvgIpc) is 2.66. The molecule has 0 spiro atoms. The molecule has 0 unspecified atom stereocenters. The van der Waals surface area contributed by atoms with E-state index in [2.05, 4.69) is 15.0 Å². The van der Waals surface area contributed by atoms with Crippen LogP contribution in [0.1, 0.15) is 0 Å². The molecule has 1 aromatic carbocycles. The van der Waals surface area contributed by atoms with Gasteiger partial charge in [0.2, 0.25) is 0 Å². The molecule has 0 fully saturated rings. The molecule has 0 bridgehead atoms. The first-order chi connectivity index (χ1) is 12.6. The molecule has 4 rings (SSSR count). The van der Waals surface area contributed by atoms with Gasteiger partial charge >= 0.3 is 0 Å².